The fourth-order valence-corrected chi connectivity index (χ4v) is 5.66. The molecule has 4 rings (SSSR count). The van der Waals surface area contributed by atoms with Gasteiger partial charge in [0.15, 0.2) is 0 Å². The highest BCUT2D eigenvalue weighted by Crippen LogP contribution is 2.43. The van der Waals surface area contributed by atoms with Crippen LogP contribution in [0, 0.1) is 5.41 Å². The van der Waals surface area contributed by atoms with Gasteiger partial charge in [-0.25, -0.2) is 0 Å². The van der Waals surface area contributed by atoms with E-state index in [1.54, 1.807) is 30.2 Å². The molecule has 1 aromatic carbocycles. The molecule has 1 saturated heterocycles. The molecule has 3 heterocycles. The maximum atomic E-state index is 12.3. The van der Waals surface area contributed by atoms with Crippen molar-refractivity contribution >= 4 is 34.8 Å². The lowest BCUT2D eigenvalue weighted by Gasteiger charge is -2.35. The Labute approximate surface area is 191 Å². The van der Waals surface area contributed by atoms with E-state index in [2.05, 4.69) is 11.4 Å². The normalized spacial score (nSPS) is 18.0. The van der Waals surface area contributed by atoms with Gasteiger partial charge in [0.1, 0.15) is 18.1 Å². The maximum absolute atomic E-state index is 12.3. The van der Waals surface area contributed by atoms with E-state index in [1.165, 1.54) is 9.77 Å². The second-order valence-corrected chi connectivity index (χ2v) is 11.0. The number of fused-ring (bicyclic) bond motifs is 1. The van der Waals surface area contributed by atoms with E-state index in [0.717, 1.165) is 42.3 Å². The van der Waals surface area contributed by atoms with Crippen molar-refractivity contribution < 1.29 is 23.7 Å². The number of hydrogen-bond acceptors (Lipinski definition) is 7. The lowest BCUT2D eigenvalue weighted by Crippen LogP contribution is -2.35. The summed E-state index contributed by atoms with van der Waals surface area (Å²) >= 11 is 3.42. The van der Waals surface area contributed by atoms with E-state index in [1.807, 2.05) is 45.0 Å². The minimum atomic E-state index is -0.560. The minimum Gasteiger partial charge on any atom is -0.489 e. The molecular formula is C24H28O5S2. The van der Waals surface area contributed by atoms with Crippen molar-refractivity contribution in [1.29, 1.82) is 0 Å². The molecule has 166 valence electrons. The third-order valence-corrected chi connectivity index (χ3v) is 7.62. The number of esters is 1. The quantitative estimate of drug-likeness (QED) is 0.520. The van der Waals surface area contributed by atoms with Crippen LogP contribution in [0.2, 0.25) is 0 Å². The number of methoxy groups -OCH3 is 1. The van der Waals surface area contributed by atoms with Gasteiger partial charge in [0.2, 0.25) is 0 Å². The van der Waals surface area contributed by atoms with E-state index in [9.17, 15) is 4.79 Å². The van der Waals surface area contributed by atoms with Crippen molar-refractivity contribution in [2.45, 2.75) is 48.3 Å². The summed E-state index contributed by atoms with van der Waals surface area (Å²) in [5, 5.41) is 2.19. The highest BCUT2D eigenvalue weighted by atomic mass is 32.2. The number of carbonyl (C=O) groups excluding carboxylic acids is 1. The van der Waals surface area contributed by atoms with Crippen LogP contribution in [0.15, 0.2) is 44.8 Å². The smallest absolute Gasteiger partial charge is 0.316 e. The topological polar surface area (TPSA) is 54.0 Å². The molecule has 0 radical (unpaired) electrons. The van der Waals surface area contributed by atoms with Crippen molar-refractivity contribution in [1.82, 2.24) is 0 Å². The van der Waals surface area contributed by atoms with Gasteiger partial charge >= 0.3 is 5.97 Å². The second kappa shape index (κ2) is 8.98. The lowest BCUT2D eigenvalue weighted by molar-refractivity contribution is -0.145. The van der Waals surface area contributed by atoms with E-state index >= 15 is 0 Å². The monoisotopic (exact) mass is 460 g/mol. The highest BCUT2D eigenvalue weighted by Gasteiger charge is 2.35. The van der Waals surface area contributed by atoms with Crippen LogP contribution in [0.5, 0.6) is 5.75 Å². The summed E-state index contributed by atoms with van der Waals surface area (Å²) in [6.07, 6.45) is 3.56. The van der Waals surface area contributed by atoms with Crippen molar-refractivity contribution in [3.8, 4) is 5.75 Å². The Morgan fingerprint density at radius 3 is 2.68 bits per heavy atom. The minimum absolute atomic E-state index is 0.247. The summed E-state index contributed by atoms with van der Waals surface area (Å²) in [6.45, 7) is 7.38. The molecule has 5 nitrogen and oxygen atoms in total. The molecule has 31 heavy (non-hydrogen) atoms. The van der Waals surface area contributed by atoms with Crippen molar-refractivity contribution in [2.24, 2.45) is 5.41 Å². The molecule has 0 bridgehead atoms. The van der Waals surface area contributed by atoms with Crippen LogP contribution in [0.1, 0.15) is 44.7 Å². The van der Waals surface area contributed by atoms with Crippen LogP contribution in [0.4, 0.5) is 0 Å². The molecule has 0 unspecified atom stereocenters. The fraction of sp³-hybridized carbons (Fsp3) is 0.458. The van der Waals surface area contributed by atoms with Crippen LogP contribution >= 0.6 is 23.1 Å². The fourth-order valence-electron chi connectivity index (χ4n) is 3.59. The van der Waals surface area contributed by atoms with Gasteiger partial charge in [-0.3, -0.25) is 4.79 Å². The Bertz CT molecular complexity index is 980. The molecule has 1 aromatic heterocycles. The van der Waals surface area contributed by atoms with Gasteiger partial charge < -0.3 is 18.9 Å². The Hall–Kier alpha value is -1.80. The maximum Gasteiger partial charge on any atom is 0.316 e. The Morgan fingerprint density at radius 1 is 1.19 bits per heavy atom. The first-order valence-electron chi connectivity index (χ1n) is 10.4. The highest BCUT2D eigenvalue weighted by molar-refractivity contribution is 8.01. The van der Waals surface area contributed by atoms with Crippen molar-refractivity contribution in [3.63, 3.8) is 0 Å². The zero-order chi connectivity index (χ0) is 22.1. The molecule has 0 N–H and O–H groups in total. The SMILES string of the molecule is COC1(c2csc(Sc3ccc4c(c3)OCC=C4OC(=O)C(C)(C)C)c2)CCOCC1. The van der Waals surface area contributed by atoms with Gasteiger partial charge in [0.05, 0.1) is 20.8 Å². The van der Waals surface area contributed by atoms with E-state index < -0.39 is 5.41 Å². The first-order chi connectivity index (χ1) is 14.8. The number of thiophene rings is 1. The number of carbonyl (C=O) groups is 1. The second-order valence-electron chi connectivity index (χ2n) is 8.74. The van der Waals surface area contributed by atoms with Crippen molar-refractivity contribution in [3.05, 3.63) is 46.8 Å². The predicted octanol–water partition coefficient (Wildman–Crippen LogP) is 5.87. The average molecular weight is 461 g/mol. The molecule has 7 heteroatoms. The number of ether oxygens (including phenoxy) is 4. The van der Waals surface area contributed by atoms with Crippen LogP contribution in [0.3, 0.4) is 0 Å². The molecule has 0 spiro atoms. The Morgan fingerprint density at radius 2 is 1.97 bits per heavy atom. The Balaban J connectivity index is 1.50. The zero-order valence-electron chi connectivity index (χ0n) is 18.4. The van der Waals surface area contributed by atoms with E-state index in [4.69, 9.17) is 18.9 Å². The molecule has 2 aliphatic rings. The van der Waals surface area contributed by atoms with Gasteiger partial charge in [0.25, 0.3) is 0 Å². The summed E-state index contributed by atoms with van der Waals surface area (Å²) in [4.78, 5) is 13.4. The van der Waals surface area contributed by atoms with Gasteiger partial charge in [-0.15, -0.1) is 11.3 Å². The number of hydrogen-bond donors (Lipinski definition) is 0. The molecule has 0 saturated carbocycles. The van der Waals surface area contributed by atoms with Crippen LogP contribution in [-0.4, -0.2) is 32.9 Å². The van der Waals surface area contributed by atoms with E-state index in [-0.39, 0.29) is 11.6 Å². The average Bonchev–Trinajstić information content (AvgIpc) is 3.22. The summed E-state index contributed by atoms with van der Waals surface area (Å²) in [5.74, 6) is 1.05. The zero-order valence-corrected chi connectivity index (χ0v) is 20.0. The number of rotatable bonds is 5. The molecule has 2 aromatic rings. The summed E-state index contributed by atoms with van der Waals surface area (Å²) < 4.78 is 24.1. The van der Waals surface area contributed by atoms with Crippen molar-refractivity contribution in [2.75, 3.05) is 26.9 Å². The lowest BCUT2D eigenvalue weighted by atomic mass is 9.88. The predicted molar refractivity (Wildman–Crippen MR) is 123 cm³/mol. The van der Waals surface area contributed by atoms with E-state index in [0.29, 0.717) is 12.4 Å². The third kappa shape index (κ3) is 4.85. The Kier molecular flexibility index (Phi) is 6.49. The summed E-state index contributed by atoms with van der Waals surface area (Å²) in [5.41, 5.74) is 1.22. The van der Waals surface area contributed by atoms with Crippen LogP contribution in [0.25, 0.3) is 5.76 Å². The van der Waals surface area contributed by atoms with Crippen LogP contribution < -0.4 is 4.74 Å². The first kappa shape index (κ1) is 22.4. The summed E-state index contributed by atoms with van der Waals surface area (Å²) in [7, 11) is 1.79. The molecule has 2 aliphatic heterocycles. The van der Waals surface area contributed by atoms with Gasteiger partial charge in [-0.2, -0.15) is 0 Å². The van der Waals surface area contributed by atoms with Crippen LogP contribution in [-0.2, 0) is 24.6 Å². The summed E-state index contributed by atoms with van der Waals surface area (Å²) in [6, 6.07) is 8.23. The first-order valence-corrected chi connectivity index (χ1v) is 12.1. The largest absolute Gasteiger partial charge is 0.489 e. The van der Waals surface area contributed by atoms with Gasteiger partial charge in [-0.1, -0.05) is 11.8 Å². The van der Waals surface area contributed by atoms with Gasteiger partial charge in [0, 0.05) is 38.1 Å². The van der Waals surface area contributed by atoms with Gasteiger partial charge in [-0.05, 0) is 62.1 Å². The molecule has 0 amide bonds. The molecule has 1 fully saturated rings. The molecule has 0 atom stereocenters. The molecule has 0 aliphatic carbocycles. The number of benzene rings is 1. The standard InChI is InChI=1S/C24H28O5S2/c1-23(2,3)22(25)29-19-7-10-28-20-14-17(5-6-18(19)20)31-21-13-16(15-30-21)24(26-4)8-11-27-12-9-24/h5-7,13-15H,8-12H2,1-4H3. The molecular weight excluding hydrogens is 432 g/mol. The third-order valence-electron chi connectivity index (χ3n) is 5.55.